The van der Waals surface area contributed by atoms with Crippen molar-refractivity contribution >= 4 is 17.7 Å². The van der Waals surface area contributed by atoms with Crippen molar-refractivity contribution in [2.75, 3.05) is 12.8 Å². The van der Waals surface area contributed by atoms with Gasteiger partial charge in [-0.1, -0.05) is 0 Å². The fourth-order valence-corrected chi connectivity index (χ4v) is 1.30. The van der Waals surface area contributed by atoms with Crippen LogP contribution < -0.4 is 5.32 Å². The topological polar surface area (TPSA) is 29.1 Å². The van der Waals surface area contributed by atoms with E-state index in [1.54, 1.807) is 11.8 Å². The SMILES string of the molecule is CS/C=C1/CCNC1=O. The molecule has 2 nitrogen and oxygen atoms in total. The molecule has 0 aromatic rings. The van der Waals surface area contributed by atoms with Crippen molar-refractivity contribution in [3.05, 3.63) is 11.0 Å². The van der Waals surface area contributed by atoms with Gasteiger partial charge in [-0.25, -0.2) is 0 Å². The second-order valence-corrected chi connectivity index (χ2v) is 2.59. The van der Waals surface area contributed by atoms with Gasteiger partial charge in [0.2, 0.25) is 5.91 Å². The van der Waals surface area contributed by atoms with Gasteiger partial charge < -0.3 is 5.32 Å². The Balaban J connectivity index is 2.59. The highest BCUT2D eigenvalue weighted by Gasteiger charge is 2.14. The van der Waals surface area contributed by atoms with Crippen LogP contribution in [0.3, 0.4) is 0 Å². The van der Waals surface area contributed by atoms with E-state index in [2.05, 4.69) is 5.32 Å². The molecule has 1 amide bonds. The number of carbonyl (C=O) groups excluding carboxylic acids is 1. The molecule has 9 heavy (non-hydrogen) atoms. The minimum absolute atomic E-state index is 0.101. The third kappa shape index (κ3) is 1.48. The van der Waals surface area contributed by atoms with Gasteiger partial charge in [0, 0.05) is 12.1 Å². The predicted molar refractivity (Wildman–Crippen MR) is 39.2 cm³/mol. The van der Waals surface area contributed by atoms with Crippen molar-refractivity contribution in [2.45, 2.75) is 6.42 Å². The molecule has 0 aromatic carbocycles. The summed E-state index contributed by atoms with van der Waals surface area (Å²) in [6, 6.07) is 0. The van der Waals surface area contributed by atoms with Crippen LogP contribution >= 0.6 is 11.8 Å². The molecule has 0 saturated carbocycles. The normalized spacial score (nSPS) is 22.8. The molecule has 1 heterocycles. The summed E-state index contributed by atoms with van der Waals surface area (Å²) >= 11 is 1.58. The van der Waals surface area contributed by atoms with Crippen LogP contribution in [0.25, 0.3) is 0 Å². The Morgan fingerprint density at radius 3 is 3.00 bits per heavy atom. The maximum absolute atomic E-state index is 10.8. The van der Waals surface area contributed by atoms with E-state index in [0.29, 0.717) is 0 Å². The number of carbonyl (C=O) groups is 1. The molecule has 1 N–H and O–H groups in total. The second-order valence-electron chi connectivity index (χ2n) is 1.88. The summed E-state index contributed by atoms with van der Waals surface area (Å²) in [4.78, 5) is 10.8. The summed E-state index contributed by atoms with van der Waals surface area (Å²) in [5.74, 6) is 0.101. The van der Waals surface area contributed by atoms with Gasteiger partial charge in [-0.3, -0.25) is 4.79 Å². The molecule has 0 aromatic heterocycles. The Bertz CT molecular complexity index is 153. The van der Waals surface area contributed by atoms with Crippen LogP contribution in [0.5, 0.6) is 0 Å². The molecule has 1 saturated heterocycles. The standard InChI is InChI=1S/C6H9NOS/c1-9-4-5-2-3-7-6(5)8/h4H,2-3H2,1H3,(H,7,8)/b5-4-. The van der Waals surface area contributed by atoms with Gasteiger partial charge in [0.25, 0.3) is 0 Å². The number of rotatable bonds is 1. The first-order valence-corrected chi connectivity index (χ1v) is 4.13. The average Bonchev–Trinajstić information content (AvgIpc) is 2.18. The van der Waals surface area contributed by atoms with E-state index in [1.165, 1.54) is 0 Å². The molecule has 0 bridgehead atoms. The Labute approximate surface area is 58.7 Å². The van der Waals surface area contributed by atoms with E-state index in [-0.39, 0.29) is 5.91 Å². The molecule has 1 rings (SSSR count). The molecule has 1 fully saturated rings. The molecule has 1 aliphatic heterocycles. The van der Waals surface area contributed by atoms with Gasteiger partial charge >= 0.3 is 0 Å². The first-order valence-electron chi connectivity index (χ1n) is 2.84. The predicted octanol–water partition coefficient (Wildman–Crippen LogP) is 0.753. The van der Waals surface area contributed by atoms with Gasteiger partial charge in [-0.15, -0.1) is 11.8 Å². The Kier molecular flexibility index (Phi) is 2.16. The van der Waals surface area contributed by atoms with E-state index >= 15 is 0 Å². The quantitative estimate of drug-likeness (QED) is 0.549. The van der Waals surface area contributed by atoms with Crippen LogP contribution in [0, 0.1) is 0 Å². The molecule has 0 unspecified atom stereocenters. The zero-order chi connectivity index (χ0) is 6.69. The molecule has 0 spiro atoms. The molecule has 50 valence electrons. The third-order valence-electron chi connectivity index (χ3n) is 1.23. The zero-order valence-electron chi connectivity index (χ0n) is 5.31. The highest BCUT2D eigenvalue weighted by atomic mass is 32.2. The van der Waals surface area contributed by atoms with Crippen LogP contribution in [0.4, 0.5) is 0 Å². The lowest BCUT2D eigenvalue weighted by Crippen LogP contribution is -2.13. The van der Waals surface area contributed by atoms with E-state index in [4.69, 9.17) is 0 Å². The van der Waals surface area contributed by atoms with Crippen LogP contribution in [0.2, 0.25) is 0 Å². The number of hydrogen-bond donors (Lipinski definition) is 1. The fraction of sp³-hybridized carbons (Fsp3) is 0.500. The minimum atomic E-state index is 0.101. The summed E-state index contributed by atoms with van der Waals surface area (Å²) in [5.41, 5.74) is 0.919. The van der Waals surface area contributed by atoms with Crippen LogP contribution in [-0.4, -0.2) is 18.7 Å². The minimum Gasteiger partial charge on any atom is -0.352 e. The molecule has 0 atom stereocenters. The summed E-state index contributed by atoms with van der Waals surface area (Å²) in [6.45, 7) is 0.811. The zero-order valence-corrected chi connectivity index (χ0v) is 6.12. The molecule has 0 radical (unpaired) electrons. The third-order valence-corrected chi connectivity index (χ3v) is 1.75. The van der Waals surface area contributed by atoms with Crippen LogP contribution in [-0.2, 0) is 4.79 Å². The van der Waals surface area contributed by atoms with E-state index in [1.807, 2.05) is 11.7 Å². The Morgan fingerprint density at radius 2 is 2.56 bits per heavy atom. The van der Waals surface area contributed by atoms with E-state index in [9.17, 15) is 4.79 Å². The van der Waals surface area contributed by atoms with E-state index < -0.39 is 0 Å². The highest BCUT2D eigenvalue weighted by Crippen LogP contribution is 2.11. The highest BCUT2D eigenvalue weighted by molar-refractivity contribution is 8.01. The van der Waals surface area contributed by atoms with Crippen molar-refractivity contribution in [3.63, 3.8) is 0 Å². The molecular formula is C6H9NOS. The summed E-state index contributed by atoms with van der Waals surface area (Å²) < 4.78 is 0. The molecule has 3 heteroatoms. The first-order chi connectivity index (χ1) is 4.34. The first kappa shape index (κ1) is 6.68. The second kappa shape index (κ2) is 2.92. The summed E-state index contributed by atoms with van der Waals surface area (Å²) in [7, 11) is 0. The number of thioether (sulfide) groups is 1. The van der Waals surface area contributed by atoms with Gasteiger partial charge in [-0.05, 0) is 18.1 Å². The number of hydrogen-bond acceptors (Lipinski definition) is 2. The largest absolute Gasteiger partial charge is 0.352 e. The Morgan fingerprint density at radius 1 is 1.78 bits per heavy atom. The lowest BCUT2D eigenvalue weighted by molar-refractivity contribution is -0.116. The molecule has 1 aliphatic rings. The fourth-order valence-electron chi connectivity index (χ4n) is 0.792. The number of amides is 1. The smallest absolute Gasteiger partial charge is 0.247 e. The van der Waals surface area contributed by atoms with Crippen molar-refractivity contribution < 1.29 is 4.79 Å². The average molecular weight is 143 g/mol. The molecular weight excluding hydrogens is 134 g/mol. The number of nitrogens with one attached hydrogen (secondary N) is 1. The van der Waals surface area contributed by atoms with Crippen LogP contribution in [0.15, 0.2) is 11.0 Å². The lowest BCUT2D eigenvalue weighted by atomic mass is 10.3. The lowest BCUT2D eigenvalue weighted by Gasteiger charge is -1.87. The van der Waals surface area contributed by atoms with Gasteiger partial charge in [0.05, 0.1) is 0 Å². The van der Waals surface area contributed by atoms with Crippen molar-refractivity contribution in [1.82, 2.24) is 5.32 Å². The molecule has 0 aliphatic carbocycles. The van der Waals surface area contributed by atoms with Gasteiger partial charge in [0.1, 0.15) is 0 Å². The monoisotopic (exact) mass is 143 g/mol. The summed E-state index contributed by atoms with van der Waals surface area (Å²) in [5, 5.41) is 4.64. The van der Waals surface area contributed by atoms with Crippen molar-refractivity contribution in [2.24, 2.45) is 0 Å². The maximum atomic E-state index is 10.8. The van der Waals surface area contributed by atoms with E-state index in [0.717, 1.165) is 18.5 Å². The van der Waals surface area contributed by atoms with Gasteiger partial charge in [-0.2, -0.15) is 0 Å². The van der Waals surface area contributed by atoms with Crippen molar-refractivity contribution in [3.8, 4) is 0 Å². The Hall–Kier alpha value is -0.440. The van der Waals surface area contributed by atoms with Crippen molar-refractivity contribution in [1.29, 1.82) is 0 Å². The van der Waals surface area contributed by atoms with Crippen LogP contribution in [0.1, 0.15) is 6.42 Å². The van der Waals surface area contributed by atoms with Gasteiger partial charge in [0.15, 0.2) is 0 Å². The summed E-state index contributed by atoms with van der Waals surface area (Å²) in [6.07, 6.45) is 2.85. The maximum Gasteiger partial charge on any atom is 0.247 e.